The quantitative estimate of drug-likeness (QED) is 0.837. The second-order valence-electron chi connectivity index (χ2n) is 6.96. The van der Waals surface area contributed by atoms with Crippen molar-refractivity contribution in [3.8, 4) is 11.3 Å². The smallest absolute Gasteiger partial charge is 0.223 e. The Balaban J connectivity index is 1.52. The number of sulfonamides is 1. The molecule has 1 aromatic heterocycles. The summed E-state index contributed by atoms with van der Waals surface area (Å²) >= 11 is 0. The highest BCUT2D eigenvalue weighted by Gasteiger charge is 2.28. The molecular formula is C19H24N2O4S. The molecule has 1 aromatic carbocycles. The molecule has 26 heavy (non-hydrogen) atoms. The number of aryl methyl sites for hydroxylation is 2. The number of carbonyl (C=O) groups is 1. The molecule has 0 aliphatic carbocycles. The molecule has 3 rings (SSSR count). The first-order valence-electron chi connectivity index (χ1n) is 8.74. The van der Waals surface area contributed by atoms with E-state index in [2.05, 4.69) is 0 Å². The van der Waals surface area contributed by atoms with Gasteiger partial charge in [0.05, 0.1) is 5.75 Å². The topological polar surface area (TPSA) is 93.6 Å². The maximum Gasteiger partial charge on any atom is 0.223 e. The normalized spacial score (nSPS) is 17.6. The number of nitrogens with two attached hydrogens (primary N) is 1. The monoisotopic (exact) mass is 376 g/mol. The lowest BCUT2D eigenvalue weighted by atomic mass is 10.1. The van der Waals surface area contributed by atoms with Gasteiger partial charge in [-0.15, -0.1) is 0 Å². The predicted octanol–water partition coefficient (Wildman–Crippen LogP) is 2.32. The Bertz CT molecular complexity index is 871. The van der Waals surface area contributed by atoms with E-state index in [0.29, 0.717) is 32.4 Å². The minimum atomic E-state index is -3.49. The number of hydrogen-bond donors (Lipinski definition) is 1. The molecule has 1 fully saturated rings. The third-order valence-corrected chi connectivity index (χ3v) is 5.63. The molecule has 0 bridgehead atoms. The lowest BCUT2D eigenvalue weighted by Gasteiger charge is -2.16. The molecule has 1 amide bonds. The minimum absolute atomic E-state index is 0.0233. The van der Waals surface area contributed by atoms with Crippen LogP contribution in [0.25, 0.3) is 11.3 Å². The van der Waals surface area contributed by atoms with E-state index < -0.39 is 10.0 Å². The van der Waals surface area contributed by atoms with Crippen LogP contribution in [0.15, 0.2) is 40.8 Å². The molecule has 6 nitrogen and oxygen atoms in total. The summed E-state index contributed by atoms with van der Waals surface area (Å²) in [5.74, 6) is 1.46. The van der Waals surface area contributed by atoms with Gasteiger partial charge in [0.15, 0.2) is 0 Å². The third kappa shape index (κ3) is 4.95. The molecule has 0 unspecified atom stereocenters. The number of likely N-dealkylation sites (tertiary alicyclic amines) is 1. The first kappa shape index (κ1) is 18.7. The average molecular weight is 376 g/mol. The molecule has 1 saturated heterocycles. The second kappa shape index (κ2) is 7.63. The van der Waals surface area contributed by atoms with Crippen LogP contribution in [0.4, 0.5) is 0 Å². The number of benzene rings is 1. The van der Waals surface area contributed by atoms with E-state index in [1.807, 2.05) is 43.3 Å². The van der Waals surface area contributed by atoms with Crippen LogP contribution in [-0.2, 0) is 21.2 Å². The standard InChI is InChI=1S/C19H24N2O4S/c1-14-2-4-16(5-3-14)18-8-6-17(25-18)7-9-19(22)21-11-10-15(12-21)13-26(20,23)24/h2-6,8,15H,7,9-13H2,1H3,(H2,20,23,24)/t15-/m0/s1. The summed E-state index contributed by atoms with van der Waals surface area (Å²) in [6.07, 6.45) is 1.56. The minimum Gasteiger partial charge on any atom is -0.461 e. The van der Waals surface area contributed by atoms with E-state index in [1.165, 1.54) is 5.56 Å². The van der Waals surface area contributed by atoms with Crippen LogP contribution in [-0.4, -0.2) is 38.1 Å². The summed E-state index contributed by atoms with van der Waals surface area (Å²) in [5, 5.41) is 5.09. The van der Waals surface area contributed by atoms with Crippen LogP contribution in [0.1, 0.15) is 24.2 Å². The Morgan fingerprint density at radius 2 is 1.96 bits per heavy atom. The van der Waals surface area contributed by atoms with E-state index >= 15 is 0 Å². The summed E-state index contributed by atoms with van der Waals surface area (Å²) in [7, 11) is -3.49. The van der Waals surface area contributed by atoms with Crippen LogP contribution in [0.5, 0.6) is 0 Å². The van der Waals surface area contributed by atoms with Crippen molar-refractivity contribution in [2.45, 2.75) is 26.2 Å². The fourth-order valence-corrected chi connectivity index (χ4v) is 4.23. The molecule has 140 valence electrons. The highest BCUT2D eigenvalue weighted by atomic mass is 32.2. The van der Waals surface area contributed by atoms with E-state index in [1.54, 1.807) is 4.90 Å². The van der Waals surface area contributed by atoms with Gasteiger partial charge in [-0.2, -0.15) is 0 Å². The number of carbonyl (C=O) groups excluding carboxylic acids is 1. The van der Waals surface area contributed by atoms with Gasteiger partial charge in [-0.05, 0) is 31.4 Å². The molecule has 2 heterocycles. The molecule has 7 heteroatoms. The van der Waals surface area contributed by atoms with E-state index in [-0.39, 0.29) is 17.6 Å². The number of furan rings is 1. The third-order valence-electron chi connectivity index (χ3n) is 4.69. The van der Waals surface area contributed by atoms with Crippen molar-refractivity contribution in [1.29, 1.82) is 0 Å². The van der Waals surface area contributed by atoms with Crippen LogP contribution < -0.4 is 5.14 Å². The maximum atomic E-state index is 12.3. The molecule has 0 spiro atoms. The van der Waals surface area contributed by atoms with Gasteiger partial charge >= 0.3 is 0 Å². The zero-order valence-corrected chi connectivity index (χ0v) is 15.7. The highest BCUT2D eigenvalue weighted by molar-refractivity contribution is 7.89. The summed E-state index contributed by atoms with van der Waals surface area (Å²) in [5.41, 5.74) is 2.20. The molecule has 2 N–H and O–H groups in total. The summed E-state index contributed by atoms with van der Waals surface area (Å²) < 4.78 is 28.2. The Labute approximate surface area is 154 Å². The van der Waals surface area contributed by atoms with Gasteiger partial charge in [0, 0.05) is 31.5 Å². The molecule has 2 aromatic rings. The number of hydrogen-bond acceptors (Lipinski definition) is 4. The zero-order chi connectivity index (χ0) is 18.7. The number of nitrogens with zero attached hydrogens (tertiary/aromatic N) is 1. The summed E-state index contributed by atoms with van der Waals surface area (Å²) in [6.45, 7) is 3.09. The van der Waals surface area contributed by atoms with Gasteiger partial charge in [-0.25, -0.2) is 13.6 Å². The van der Waals surface area contributed by atoms with Gasteiger partial charge in [-0.1, -0.05) is 29.8 Å². The Morgan fingerprint density at radius 3 is 2.65 bits per heavy atom. The molecule has 0 saturated carbocycles. The van der Waals surface area contributed by atoms with Crippen molar-refractivity contribution in [2.24, 2.45) is 11.1 Å². The first-order chi connectivity index (χ1) is 12.3. The van der Waals surface area contributed by atoms with Crippen LogP contribution in [0.2, 0.25) is 0 Å². The van der Waals surface area contributed by atoms with E-state index in [4.69, 9.17) is 9.56 Å². The van der Waals surface area contributed by atoms with E-state index in [9.17, 15) is 13.2 Å². The van der Waals surface area contributed by atoms with Crippen molar-refractivity contribution in [1.82, 2.24) is 4.90 Å². The largest absolute Gasteiger partial charge is 0.461 e. The zero-order valence-electron chi connectivity index (χ0n) is 14.8. The van der Waals surface area contributed by atoms with Crippen molar-refractivity contribution in [3.05, 3.63) is 47.7 Å². The van der Waals surface area contributed by atoms with Crippen LogP contribution >= 0.6 is 0 Å². The molecular weight excluding hydrogens is 352 g/mol. The average Bonchev–Trinajstić information content (AvgIpc) is 3.21. The Kier molecular flexibility index (Phi) is 5.48. The first-order valence-corrected chi connectivity index (χ1v) is 10.5. The molecule has 1 aliphatic rings. The lowest BCUT2D eigenvalue weighted by molar-refractivity contribution is -0.130. The molecule has 1 atom stereocenters. The van der Waals surface area contributed by atoms with Crippen molar-refractivity contribution in [3.63, 3.8) is 0 Å². The maximum absolute atomic E-state index is 12.3. The van der Waals surface area contributed by atoms with E-state index in [0.717, 1.165) is 17.1 Å². The summed E-state index contributed by atoms with van der Waals surface area (Å²) in [6, 6.07) is 11.9. The molecule has 0 radical (unpaired) electrons. The SMILES string of the molecule is Cc1ccc(-c2ccc(CCC(=O)N3CC[C@H](CS(N)(=O)=O)C3)o2)cc1. The second-order valence-corrected chi connectivity index (χ2v) is 8.62. The van der Waals surface area contributed by atoms with Gasteiger partial charge in [0.1, 0.15) is 11.5 Å². The van der Waals surface area contributed by atoms with Gasteiger partial charge in [0.2, 0.25) is 15.9 Å². The van der Waals surface area contributed by atoms with Crippen LogP contribution in [0.3, 0.4) is 0 Å². The van der Waals surface area contributed by atoms with Crippen LogP contribution in [0, 0.1) is 12.8 Å². The number of amides is 1. The predicted molar refractivity (Wildman–Crippen MR) is 99.9 cm³/mol. The summed E-state index contributed by atoms with van der Waals surface area (Å²) in [4.78, 5) is 14.1. The van der Waals surface area contributed by atoms with Crippen molar-refractivity contribution in [2.75, 3.05) is 18.8 Å². The fourth-order valence-electron chi connectivity index (χ4n) is 3.30. The van der Waals surface area contributed by atoms with Gasteiger partial charge in [-0.3, -0.25) is 4.79 Å². The number of primary sulfonamides is 1. The van der Waals surface area contributed by atoms with Crippen molar-refractivity contribution >= 4 is 15.9 Å². The van der Waals surface area contributed by atoms with Gasteiger partial charge in [0.25, 0.3) is 0 Å². The fraction of sp³-hybridized carbons (Fsp3) is 0.421. The number of rotatable bonds is 6. The molecule has 1 aliphatic heterocycles. The Morgan fingerprint density at radius 1 is 1.23 bits per heavy atom. The van der Waals surface area contributed by atoms with Crippen molar-refractivity contribution < 1.29 is 17.6 Å². The lowest BCUT2D eigenvalue weighted by Crippen LogP contribution is -2.30. The van der Waals surface area contributed by atoms with Gasteiger partial charge < -0.3 is 9.32 Å². The Hall–Kier alpha value is -2.12. The highest BCUT2D eigenvalue weighted by Crippen LogP contribution is 2.24.